The molecule has 0 aliphatic heterocycles. The van der Waals surface area contributed by atoms with E-state index < -0.39 is 5.97 Å². The van der Waals surface area contributed by atoms with E-state index in [1.165, 1.54) is 6.21 Å². The van der Waals surface area contributed by atoms with Gasteiger partial charge in [-0.1, -0.05) is 56.5 Å². The molecule has 2 rings (SSSR count). The van der Waals surface area contributed by atoms with Crippen LogP contribution in [0.4, 0.5) is 0 Å². The maximum absolute atomic E-state index is 12.1. The first-order valence-corrected chi connectivity index (χ1v) is 8.88. The number of benzene rings is 2. The molecule has 0 aliphatic carbocycles. The number of hydrogen-bond donors (Lipinski definition) is 1. The summed E-state index contributed by atoms with van der Waals surface area (Å²) < 4.78 is 5.36. The molecule has 0 bridgehead atoms. The van der Waals surface area contributed by atoms with Gasteiger partial charge in [0.15, 0.2) is 0 Å². The first-order chi connectivity index (χ1) is 12.7. The zero-order valence-corrected chi connectivity index (χ0v) is 15.0. The lowest BCUT2D eigenvalue weighted by atomic mass is 10.1. The van der Waals surface area contributed by atoms with Gasteiger partial charge in [0.05, 0.1) is 11.8 Å². The number of esters is 1. The summed E-state index contributed by atoms with van der Waals surface area (Å²) in [6.45, 7) is 2.13. The molecule has 0 aromatic heterocycles. The highest BCUT2D eigenvalue weighted by Crippen LogP contribution is 2.14. The summed E-state index contributed by atoms with van der Waals surface area (Å²) in [7, 11) is 0. The third-order valence-corrected chi connectivity index (χ3v) is 3.74. The Kier molecular flexibility index (Phi) is 8.06. The fraction of sp³-hybridized carbons (Fsp3) is 0.286. The second-order valence-corrected chi connectivity index (χ2v) is 5.93. The number of carbonyl (C=O) groups is 2. The van der Waals surface area contributed by atoms with Crippen LogP contribution in [0.25, 0.3) is 0 Å². The van der Waals surface area contributed by atoms with Gasteiger partial charge in [-0.25, -0.2) is 10.2 Å². The predicted octanol–water partition coefficient (Wildman–Crippen LogP) is 4.33. The molecule has 0 fully saturated rings. The second-order valence-electron chi connectivity index (χ2n) is 5.93. The van der Waals surface area contributed by atoms with Crippen LogP contribution in [0, 0.1) is 0 Å². The Hall–Kier alpha value is -2.95. The number of amides is 1. The first-order valence-electron chi connectivity index (χ1n) is 8.88. The van der Waals surface area contributed by atoms with Gasteiger partial charge in [0.1, 0.15) is 5.75 Å². The molecule has 136 valence electrons. The smallest absolute Gasteiger partial charge is 0.343 e. The van der Waals surface area contributed by atoms with Crippen molar-refractivity contribution in [2.75, 3.05) is 0 Å². The van der Waals surface area contributed by atoms with E-state index in [-0.39, 0.29) is 5.91 Å². The van der Waals surface area contributed by atoms with E-state index in [1.54, 1.807) is 42.5 Å². The molecule has 0 saturated heterocycles. The molecule has 26 heavy (non-hydrogen) atoms. The van der Waals surface area contributed by atoms with E-state index in [0.717, 1.165) is 31.2 Å². The number of rotatable bonds is 9. The third kappa shape index (κ3) is 6.89. The van der Waals surface area contributed by atoms with Crippen molar-refractivity contribution in [3.05, 3.63) is 65.7 Å². The summed E-state index contributed by atoms with van der Waals surface area (Å²) in [4.78, 5) is 23.7. The maximum Gasteiger partial charge on any atom is 0.343 e. The molecular formula is C21H24N2O3. The monoisotopic (exact) mass is 352 g/mol. The van der Waals surface area contributed by atoms with Crippen LogP contribution in [-0.2, 0) is 4.79 Å². The molecule has 0 atom stereocenters. The molecule has 5 nitrogen and oxygen atoms in total. The van der Waals surface area contributed by atoms with Gasteiger partial charge in [0, 0.05) is 6.42 Å². The van der Waals surface area contributed by atoms with Crippen molar-refractivity contribution >= 4 is 18.1 Å². The molecule has 0 spiro atoms. The highest BCUT2D eigenvalue weighted by Gasteiger charge is 2.07. The molecule has 5 heteroatoms. The summed E-state index contributed by atoms with van der Waals surface area (Å²) >= 11 is 0. The minimum atomic E-state index is -0.417. The number of ether oxygens (including phenoxy) is 1. The average Bonchev–Trinajstić information content (AvgIpc) is 2.66. The average molecular weight is 352 g/mol. The number of carbonyl (C=O) groups excluding carboxylic acids is 2. The largest absolute Gasteiger partial charge is 0.423 e. The standard InChI is InChI=1S/C21H24N2O3/c1-2-3-4-8-14-20(24)23-22-16-17-10-9-13-19(15-17)26-21(25)18-11-6-5-7-12-18/h5-7,9-13,15-16H,2-4,8,14H2,1H3,(H,23,24). The molecule has 1 amide bonds. The Morgan fingerprint density at radius 2 is 1.85 bits per heavy atom. The van der Waals surface area contributed by atoms with Crippen LogP contribution in [-0.4, -0.2) is 18.1 Å². The first kappa shape index (κ1) is 19.4. The number of unbranched alkanes of at least 4 members (excludes halogenated alkanes) is 3. The van der Waals surface area contributed by atoms with Crippen LogP contribution in [0.1, 0.15) is 54.9 Å². The summed E-state index contributed by atoms with van der Waals surface area (Å²) in [5, 5.41) is 3.95. The van der Waals surface area contributed by atoms with E-state index in [0.29, 0.717) is 17.7 Å². The second kappa shape index (κ2) is 10.8. The number of hydrazone groups is 1. The van der Waals surface area contributed by atoms with Crippen molar-refractivity contribution in [2.45, 2.75) is 39.0 Å². The summed E-state index contributed by atoms with van der Waals surface area (Å²) in [6, 6.07) is 15.8. The Labute approximate surface area is 154 Å². The lowest BCUT2D eigenvalue weighted by molar-refractivity contribution is -0.121. The van der Waals surface area contributed by atoms with Gasteiger partial charge in [0.2, 0.25) is 5.91 Å². The fourth-order valence-electron chi connectivity index (χ4n) is 2.35. The maximum atomic E-state index is 12.1. The van der Waals surface area contributed by atoms with Crippen molar-refractivity contribution < 1.29 is 14.3 Å². The van der Waals surface area contributed by atoms with Crippen molar-refractivity contribution in [1.29, 1.82) is 0 Å². The van der Waals surface area contributed by atoms with Gasteiger partial charge in [-0.2, -0.15) is 5.10 Å². The number of hydrogen-bond acceptors (Lipinski definition) is 4. The van der Waals surface area contributed by atoms with Gasteiger partial charge in [-0.3, -0.25) is 4.79 Å². The van der Waals surface area contributed by atoms with Crippen LogP contribution in [0.2, 0.25) is 0 Å². The molecule has 0 unspecified atom stereocenters. The van der Waals surface area contributed by atoms with E-state index in [1.807, 2.05) is 12.1 Å². The third-order valence-electron chi connectivity index (χ3n) is 3.74. The van der Waals surface area contributed by atoms with Gasteiger partial charge < -0.3 is 4.74 Å². The number of nitrogens with zero attached hydrogens (tertiary/aromatic N) is 1. The Balaban J connectivity index is 1.84. The summed E-state index contributed by atoms with van der Waals surface area (Å²) in [5.41, 5.74) is 3.74. The summed E-state index contributed by atoms with van der Waals surface area (Å²) in [6.07, 6.45) is 6.23. The topological polar surface area (TPSA) is 67.8 Å². The highest BCUT2D eigenvalue weighted by atomic mass is 16.5. The van der Waals surface area contributed by atoms with Crippen LogP contribution in [0.3, 0.4) is 0 Å². The van der Waals surface area contributed by atoms with Gasteiger partial charge in [-0.15, -0.1) is 0 Å². The van der Waals surface area contributed by atoms with E-state index in [2.05, 4.69) is 17.5 Å². The van der Waals surface area contributed by atoms with Gasteiger partial charge in [-0.05, 0) is 36.2 Å². The molecule has 0 heterocycles. The molecule has 0 saturated carbocycles. The van der Waals surface area contributed by atoms with Crippen molar-refractivity contribution in [2.24, 2.45) is 5.10 Å². The van der Waals surface area contributed by atoms with E-state index >= 15 is 0 Å². The fourth-order valence-corrected chi connectivity index (χ4v) is 2.35. The minimum absolute atomic E-state index is 0.0935. The SMILES string of the molecule is CCCCCCC(=O)NN=Cc1cccc(OC(=O)c2ccccc2)c1. The van der Waals surface area contributed by atoms with E-state index in [9.17, 15) is 9.59 Å². The minimum Gasteiger partial charge on any atom is -0.423 e. The molecule has 2 aromatic carbocycles. The molecule has 2 aromatic rings. The summed E-state index contributed by atoms with van der Waals surface area (Å²) in [5.74, 6) is -0.0854. The lowest BCUT2D eigenvalue weighted by Crippen LogP contribution is -2.16. The van der Waals surface area contributed by atoms with Crippen molar-refractivity contribution in [3.8, 4) is 5.75 Å². The van der Waals surface area contributed by atoms with E-state index in [4.69, 9.17) is 4.74 Å². The zero-order valence-electron chi connectivity index (χ0n) is 15.0. The van der Waals surface area contributed by atoms with Crippen LogP contribution in [0.5, 0.6) is 5.75 Å². The van der Waals surface area contributed by atoms with Crippen molar-refractivity contribution in [1.82, 2.24) is 5.43 Å². The molecular weight excluding hydrogens is 328 g/mol. The van der Waals surface area contributed by atoms with Gasteiger partial charge in [0.25, 0.3) is 0 Å². The Morgan fingerprint density at radius 1 is 1.04 bits per heavy atom. The van der Waals surface area contributed by atoms with Crippen LogP contribution < -0.4 is 10.2 Å². The van der Waals surface area contributed by atoms with Gasteiger partial charge >= 0.3 is 5.97 Å². The quantitative estimate of drug-likeness (QED) is 0.240. The highest BCUT2D eigenvalue weighted by molar-refractivity contribution is 5.91. The Bertz CT molecular complexity index is 742. The normalized spacial score (nSPS) is 10.7. The predicted molar refractivity (Wildman–Crippen MR) is 102 cm³/mol. The van der Waals surface area contributed by atoms with Crippen LogP contribution >= 0.6 is 0 Å². The number of nitrogens with one attached hydrogen (secondary N) is 1. The Morgan fingerprint density at radius 3 is 2.62 bits per heavy atom. The lowest BCUT2D eigenvalue weighted by Gasteiger charge is -2.05. The zero-order chi connectivity index (χ0) is 18.6. The molecule has 0 radical (unpaired) electrons. The molecule has 0 aliphatic rings. The molecule has 1 N–H and O–H groups in total. The van der Waals surface area contributed by atoms with Crippen LogP contribution in [0.15, 0.2) is 59.7 Å². The van der Waals surface area contributed by atoms with Crippen molar-refractivity contribution in [3.63, 3.8) is 0 Å².